The molecule has 3 rings (SSSR count). The molecule has 1 aliphatic carbocycles. The van der Waals surface area contributed by atoms with Gasteiger partial charge in [0, 0.05) is 25.2 Å². The molecule has 0 aromatic heterocycles. The molecule has 1 saturated carbocycles. The molecule has 3 fully saturated rings. The van der Waals surface area contributed by atoms with Crippen molar-refractivity contribution in [1.29, 1.82) is 0 Å². The molecule has 3 atom stereocenters. The highest BCUT2D eigenvalue weighted by Crippen LogP contribution is 2.39. The Morgan fingerprint density at radius 1 is 1.25 bits per heavy atom. The fourth-order valence-corrected chi connectivity index (χ4v) is 5.47. The largest absolute Gasteiger partial charge is 0.312 e. The van der Waals surface area contributed by atoms with Crippen molar-refractivity contribution >= 4 is 10.2 Å². The summed E-state index contributed by atoms with van der Waals surface area (Å²) in [5.74, 6) is 0.505. The van der Waals surface area contributed by atoms with Gasteiger partial charge in [0.1, 0.15) is 0 Å². The summed E-state index contributed by atoms with van der Waals surface area (Å²) >= 11 is 0. The second-order valence-electron chi connectivity index (χ2n) is 7.39. The number of fused-ring (bicyclic) bond motifs is 1. The summed E-state index contributed by atoms with van der Waals surface area (Å²) in [6, 6.07) is 0.482. The molecule has 6 heteroatoms. The third-order valence-electron chi connectivity index (χ3n) is 5.00. The predicted octanol–water partition coefficient (Wildman–Crippen LogP) is 1.08. The molecular weight excluding hydrogens is 274 g/mol. The first kappa shape index (κ1) is 14.8. The number of hydrogen-bond acceptors (Lipinski definition) is 3. The van der Waals surface area contributed by atoms with Gasteiger partial charge in [0.15, 0.2) is 0 Å². The van der Waals surface area contributed by atoms with Gasteiger partial charge in [-0.1, -0.05) is 20.3 Å². The summed E-state index contributed by atoms with van der Waals surface area (Å²) in [6.45, 7) is 6.62. The quantitative estimate of drug-likeness (QED) is 0.820. The zero-order chi connectivity index (χ0) is 14.4. The molecule has 3 aliphatic rings. The monoisotopic (exact) mass is 301 g/mol. The molecule has 0 spiro atoms. The molecule has 0 amide bonds. The van der Waals surface area contributed by atoms with E-state index in [1.54, 1.807) is 4.31 Å². The van der Waals surface area contributed by atoms with Crippen molar-refractivity contribution in [1.82, 2.24) is 14.3 Å². The molecular formula is C14H27N3O2S. The first-order valence-electron chi connectivity index (χ1n) is 7.90. The van der Waals surface area contributed by atoms with Crippen molar-refractivity contribution in [2.24, 2.45) is 11.3 Å². The second-order valence-corrected chi connectivity index (χ2v) is 9.09. The summed E-state index contributed by atoms with van der Waals surface area (Å²) in [4.78, 5) is 0. The van der Waals surface area contributed by atoms with E-state index in [9.17, 15) is 8.42 Å². The number of nitrogens with zero attached hydrogens (tertiary/aromatic N) is 1. The third-order valence-corrected chi connectivity index (χ3v) is 6.56. The van der Waals surface area contributed by atoms with E-state index in [4.69, 9.17) is 0 Å². The molecule has 20 heavy (non-hydrogen) atoms. The molecule has 116 valence electrons. The average molecular weight is 301 g/mol. The minimum absolute atomic E-state index is 0.0963. The summed E-state index contributed by atoms with van der Waals surface area (Å²) in [5.41, 5.74) is 0.0963. The number of rotatable bonds is 3. The van der Waals surface area contributed by atoms with Gasteiger partial charge in [0.05, 0.1) is 0 Å². The fourth-order valence-electron chi connectivity index (χ4n) is 3.77. The van der Waals surface area contributed by atoms with Crippen LogP contribution >= 0.6 is 0 Å². The first-order chi connectivity index (χ1) is 9.39. The molecule has 0 bridgehead atoms. The van der Waals surface area contributed by atoms with Crippen LogP contribution in [0.2, 0.25) is 0 Å². The lowest BCUT2D eigenvalue weighted by Gasteiger charge is -2.37. The molecule has 0 unspecified atom stereocenters. The molecule has 5 nitrogen and oxygen atoms in total. The SMILES string of the molecule is CC1(C)CCCN(S(=O)(=O)N[C@@H]2[C@@H]3CCCCN[C@@H]32)C1. The van der Waals surface area contributed by atoms with Crippen LogP contribution in [0.3, 0.4) is 0 Å². The summed E-state index contributed by atoms with van der Waals surface area (Å²) in [6.07, 6.45) is 5.64. The number of nitrogens with one attached hydrogen (secondary N) is 2. The predicted molar refractivity (Wildman–Crippen MR) is 79.6 cm³/mol. The van der Waals surface area contributed by atoms with E-state index in [2.05, 4.69) is 23.9 Å². The molecule has 2 N–H and O–H groups in total. The van der Waals surface area contributed by atoms with Crippen LogP contribution in [0.25, 0.3) is 0 Å². The van der Waals surface area contributed by atoms with Crippen LogP contribution in [-0.2, 0) is 10.2 Å². The van der Waals surface area contributed by atoms with Crippen molar-refractivity contribution in [2.45, 2.75) is 58.0 Å². The van der Waals surface area contributed by atoms with E-state index in [0.29, 0.717) is 25.0 Å². The van der Waals surface area contributed by atoms with Gasteiger partial charge < -0.3 is 5.32 Å². The van der Waals surface area contributed by atoms with Crippen molar-refractivity contribution in [3.63, 3.8) is 0 Å². The van der Waals surface area contributed by atoms with Crippen LogP contribution in [0.15, 0.2) is 0 Å². The van der Waals surface area contributed by atoms with Gasteiger partial charge in [-0.25, -0.2) is 0 Å². The highest BCUT2D eigenvalue weighted by Gasteiger charge is 2.52. The lowest BCUT2D eigenvalue weighted by Crippen LogP contribution is -2.49. The van der Waals surface area contributed by atoms with Gasteiger partial charge in [0.2, 0.25) is 0 Å². The van der Waals surface area contributed by atoms with E-state index in [0.717, 1.165) is 25.8 Å². The first-order valence-corrected chi connectivity index (χ1v) is 9.34. The molecule has 0 aromatic carbocycles. The Balaban J connectivity index is 1.62. The smallest absolute Gasteiger partial charge is 0.279 e. The molecule has 2 aliphatic heterocycles. The summed E-state index contributed by atoms with van der Waals surface area (Å²) in [7, 11) is -3.32. The minimum atomic E-state index is -3.32. The molecule has 2 saturated heterocycles. The third kappa shape index (κ3) is 3.03. The van der Waals surface area contributed by atoms with Crippen LogP contribution in [0, 0.1) is 11.3 Å². The molecule has 0 radical (unpaired) electrons. The van der Waals surface area contributed by atoms with Crippen molar-refractivity contribution < 1.29 is 8.42 Å². The number of piperidine rings is 1. The Kier molecular flexibility index (Phi) is 3.86. The lowest BCUT2D eigenvalue weighted by molar-refractivity contribution is 0.185. The van der Waals surface area contributed by atoms with Crippen molar-refractivity contribution in [3.8, 4) is 0 Å². The summed E-state index contributed by atoms with van der Waals surface area (Å²) < 4.78 is 29.7. The van der Waals surface area contributed by atoms with Crippen molar-refractivity contribution in [2.75, 3.05) is 19.6 Å². The van der Waals surface area contributed by atoms with Crippen LogP contribution in [0.1, 0.15) is 46.0 Å². The van der Waals surface area contributed by atoms with Crippen molar-refractivity contribution in [3.05, 3.63) is 0 Å². The van der Waals surface area contributed by atoms with Gasteiger partial charge in [-0.05, 0) is 43.6 Å². The number of hydrogen-bond donors (Lipinski definition) is 2. The highest BCUT2D eigenvalue weighted by molar-refractivity contribution is 7.87. The Morgan fingerprint density at radius 2 is 2.05 bits per heavy atom. The average Bonchev–Trinajstić information content (AvgIpc) is 3.04. The van der Waals surface area contributed by atoms with E-state index in [1.807, 2.05) is 0 Å². The Morgan fingerprint density at radius 3 is 2.80 bits per heavy atom. The standard InChI is InChI=1S/C14H27N3O2S/c1-14(2)7-5-9-17(10-14)20(18,19)16-13-11-6-3-4-8-15-12(11)13/h11-13,15-16H,3-10H2,1-2H3/t11-,12+,13-/m1/s1. The molecule has 2 heterocycles. The Bertz CT molecular complexity index is 451. The normalized spacial score (nSPS) is 38.0. The fraction of sp³-hybridized carbons (Fsp3) is 1.00. The van der Waals surface area contributed by atoms with Crippen LogP contribution in [0.4, 0.5) is 0 Å². The summed E-state index contributed by atoms with van der Waals surface area (Å²) in [5, 5.41) is 3.46. The van der Waals surface area contributed by atoms with Gasteiger partial charge in [-0.15, -0.1) is 0 Å². The van der Waals surface area contributed by atoms with Gasteiger partial charge in [-0.3, -0.25) is 0 Å². The molecule has 0 aromatic rings. The van der Waals surface area contributed by atoms with Gasteiger partial charge >= 0.3 is 0 Å². The van der Waals surface area contributed by atoms with E-state index in [-0.39, 0.29) is 11.5 Å². The van der Waals surface area contributed by atoms with Crippen LogP contribution in [0.5, 0.6) is 0 Å². The van der Waals surface area contributed by atoms with Crippen LogP contribution < -0.4 is 10.0 Å². The zero-order valence-electron chi connectivity index (χ0n) is 12.6. The van der Waals surface area contributed by atoms with E-state index in [1.165, 1.54) is 12.8 Å². The van der Waals surface area contributed by atoms with Gasteiger partial charge in [0.25, 0.3) is 10.2 Å². The second kappa shape index (κ2) is 5.23. The van der Waals surface area contributed by atoms with Crippen LogP contribution in [-0.4, -0.2) is 44.4 Å². The topological polar surface area (TPSA) is 61.4 Å². The van der Waals surface area contributed by atoms with E-state index >= 15 is 0 Å². The Hall–Kier alpha value is -0.170. The minimum Gasteiger partial charge on any atom is -0.312 e. The van der Waals surface area contributed by atoms with E-state index < -0.39 is 10.2 Å². The maximum absolute atomic E-state index is 12.5. The highest BCUT2D eigenvalue weighted by atomic mass is 32.2. The van der Waals surface area contributed by atoms with Gasteiger partial charge in [-0.2, -0.15) is 17.4 Å². The zero-order valence-corrected chi connectivity index (χ0v) is 13.4. The Labute approximate surface area is 122 Å². The maximum Gasteiger partial charge on any atom is 0.279 e. The maximum atomic E-state index is 12.5. The lowest BCUT2D eigenvalue weighted by atomic mass is 9.85.